The van der Waals surface area contributed by atoms with Crippen molar-refractivity contribution in [1.29, 1.82) is 0 Å². The molecule has 0 saturated carbocycles. The quantitative estimate of drug-likeness (QED) is 0.884. The smallest absolute Gasteiger partial charge is 0.219 e. The van der Waals surface area contributed by atoms with Crippen molar-refractivity contribution in [2.24, 2.45) is 0 Å². The van der Waals surface area contributed by atoms with Crippen molar-refractivity contribution < 1.29 is 4.74 Å². The Morgan fingerprint density at radius 1 is 1.19 bits per heavy atom. The van der Waals surface area contributed by atoms with Crippen molar-refractivity contribution >= 4 is 5.69 Å². The van der Waals surface area contributed by atoms with Crippen LogP contribution in [0.25, 0.3) is 0 Å². The minimum absolute atomic E-state index is 0.649. The van der Waals surface area contributed by atoms with Crippen LogP contribution in [-0.4, -0.2) is 26.1 Å². The van der Waals surface area contributed by atoms with Crippen molar-refractivity contribution in [1.82, 2.24) is 10.3 Å². The Balaban J connectivity index is 2.25. The van der Waals surface area contributed by atoms with Crippen LogP contribution < -0.4 is 15.0 Å². The number of nitrogens with zero attached hydrogens (tertiary/aromatic N) is 2. The van der Waals surface area contributed by atoms with E-state index in [2.05, 4.69) is 34.3 Å². The van der Waals surface area contributed by atoms with Gasteiger partial charge in [-0.15, -0.1) is 0 Å². The van der Waals surface area contributed by atoms with Crippen LogP contribution in [0.4, 0.5) is 5.69 Å². The fraction of sp³-hybridized carbons (Fsp3) is 0.353. The third-order valence-electron chi connectivity index (χ3n) is 3.21. The molecule has 0 spiro atoms. The van der Waals surface area contributed by atoms with Gasteiger partial charge in [0.05, 0.1) is 0 Å². The molecule has 21 heavy (non-hydrogen) atoms. The molecule has 4 nitrogen and oxygen atoms in total. The van der Waals surface area contributed by atoms with Gasteiger partial charge in [0, 0.05) is 44.2 Å². The summed E-state index contributed by atoms with van der Waals surface area (Å²) in [5.41, 5.74) is 3.33. The van der Waals surface area contributed by atoms with Crippen LogP contribution in [0.3, 0.4) is 0 Å². The molecule has 0 aliphatic heterocycles. The number of nitrogens with one attached hydrogen (secondary N) is 1. The van der Waals surface area contributed by atoms with Gasteiger partial charge in [-0.3, -0.25) is 0 Å². The summed E-state index contributed by atoms with van der Waals surface area (Å²) in [5.74, 6) is 1.45. The Morgan fingerprint density at radius 3 is 2.67 bits per heavy atom. The first-order chi connectivity index (χ1) is 10.1. The second kappa shape index (κ2) is 7.09. The van der Waals surface area contributed by atoms with Crippen molar-refractivity contribution in [3.63, 3.8) is 0 Å². The zero-order valence-corrected chi connectivity index (χ0v) is 13.2. The van der Waals surface area contributed by atoms with Crippen molar-refractivity contribution in [2.45, 2.75) is 19.9 Å². The van der Waals surface area contributed by atoms with E-state index in [1.807, 2.05) is 45.4 Å². The number of ether oxygens (including phenoxy) is 1. The van der Waals surface area contributed by atoms with Crippen LogP contribution in [0, 0.1) is 0 Å². The van der Waals surface area contributed by atoms with Gasteiger partial charge >= 0.3 is 0 Å². The number of rotatable bonds is 6. The molecule has 1 N–H and O–H groups in total. The highest BCUT2D eigenvalue weighted by Gasteiger charge is 2.05. The molecule has 2 aromatic rings. The molecule has 0 fully saturated rings. The van der Waals surface area contributed by atoms with Gasteiger partial charge in [0.15, 0.2) is 0 Å². The maximum atomic E-state index is 5.93. The number of benzene rings is 1. The first kappa shape index (κ1) is 15.3. The number of hydrogen-bond acceptors (Lipinski definition) is 4. The summed E-state index contributed by atoms with van der Waals surface area (Å²) in [5, 5.41) is 3.16. The molecule has 1 aromatic heterocycles. The van der Waals surface area contributed by atoms with E-state index < -0.39 is 0 Å². The van der Waals surface area contributed by atoms with Gasteiger partial charge in [-0.25, -0.2) is 4.98 Å². The molecule has 0 amide bonds. The molecule has 0 atom stereocenters. The van der Waals surface area contributed by atoms with E-state index in [4.69, 9.17) is 4.74 Å². The van der Waals surface area contributed by atoms with Crippen molar-refractivity contribution in [3.8, 4) is 11.6 Å². The summed E-state index contributed by atoms with van der Waals surface area (Å²) in [6.07, 6.45) is 0.894. The molecule has 0 bridgehead atoms. The van der Waals surface area contributed by atoms with Gasteiger partial charge in [-0.2, -0.15) is 0 Å². The molecule has 0 unspecified atom stereocenters. The van der Waals surface area contributed by atoms with Crippen LogP contribution in [0.2, 0.25) is 0 Å². The zero-order chi connectivity index (χ0) is 15.2. The van der Waals surface area contributed by atoms with Gasteiger partial charge in [-0.1, -0.05) is 13.0 Å². The van der Waals surface area contributed by atoms with E-state index in [-0.39, 0.29) is 0 Å². The highest BCUT2D eigenvalue weighted by atomic mass is 16.5. The maximum absolute atomic E-state index is 5.93. The molecule has 2 rings (SSSR count). The summed E-state index contributed by atoms with van der Waals surface area (Å²) >= 11 is 0. The minimum Gasteiger partial charge on any atom is -0.439 e. The molecule has 1 heterocycles. The lowest BCUT2D eigenvalue weighted by Gasteiger charge is -2.14. The fourth-order valence-electron chi connectivity index (χ4n) is 2.11. The van der Waals surface area contributed by atoms with E-state index in [1.54, 1.807) is 0 Å². The van der Waals surface area contributed by atoms with Gasteiger partial charge in [0.1, 0.15) is 5.75 Å². The maximum Gasteiger partial charge on any atom is 0.219 e. The topological polar surface area (TPSA) is 37.4 Å². The van der Waals surface area contributed by atoms with Crippen molar-refractivity contribution in [2.75, 3.05) is 26.0 Å². The molecule has 112 valence electrons. The molecular formula is C17H23N3O. The van der Waals surface area contributed by atoms with Crippen LogP contribution in [0.5, 0.6) is 11.6 Å². The van der Waals surface area contributed by atoms with E-state index in [0.717, 1.165) is 30.1 Å². The average Bonchev–Trinajstić information content (AvgIpc) is 2.47. The predicted molar refractivity (Wildman–Crippen MR) is 87.2 cm³/mol. The Hall–Kier alpha value is -2.07. The van der Waals surface area contributed by atoms with Gasteiger partial charge < -0.3 is 15.0 Å². The third kappa shape index (κ3) is 4.20. The molecule has 1 aromatic carbocycles. The van der Waals surface area contributed by atoms with Crippen LogP contribution in [0.1, 0.15) is 18.2 Å². The van der Waals surface area contributed by atoms with Crippen LogP contribution >= 0.6 is 0 Å². The minimum atomic E-state index is 0.649. The number of aryl methyl sites for hydroxylation is 1. The second-order valence-electron chi connectivity index (χ2n) is 5.18. The van der Waals surface area contributed by atoms with Gasteiger partial charge in [-0.05, 0) is 37.2 Å². The Bertz CT molecular complexity index is 596. The molecule has 0 aliphatic rings. The molecule has 0 aliphatic carbocycles. The number of hydrogen-bond donors (Lipinski definition) is 1. The summed E-state index contributed by atoms with van der Waals surface area (Å²) in [4.78, 5) is 6.59. The molecule has 0 radical (unpaired) electrons. The van der Waals surface area contributed by atoms with E-state index in [9.17, 15) is 0 Å². The highest BCUT2D eigenvalue weighted by molar-refractivity contribution is 5.50. The fourth-order valence-corrected chi connectivity index (χ4v) is 2.11. The summed E-state index contributed by atoms with van der Waals surface area (Å²) in [6, 6.07) is 12.1. The summed E-state index contributed by atoms with van der Waals surface area (Å²) < 4.78 is 5.93. The largest absolute Gasteiger partial charge is 0.439 e. The molecular weight excluding hydrogens is 262 g/mol. The lowest BCUT2D eigenvalue weighted by molar-refractivity contribution is 0.460. The summed E-state index contributed by atoms with van der Waals surface area (Å²) in [7, 11) is 5.97. The van der Waals surface area contributed by atoms with Crippen LogP contribution in [-0.2, 0) is 13.0 Å². The Labute approximate surface area is 126 Å². The third-order valence-corrected chi connectivity index (χ3v) is 3.21. The van der Waals surface area contributed by atoms with Crippen LogP contribution in [0.15, 0.2) is 36.4 Å². The average molecular weight is 285 g/mol. The Morgan fingerprint density at radius 2 is 2.00 bits per heavy atom. The zero-order valence-electron chi connectivity index (χ0n) is 13.2. The second-order valence-corrected chi connectivity index (χ2v) is 5.18. The Kier molecular flexibility index (Phi) is 5.17. The first-order valence-electron chi connectivity index (χ1n) is 7.22. The normalized spacial score (nSPS) is 10.5. The van der Waals surface area contributed by atoms with Gasteiger partial charge in [0.25, 0.3) is 0 Å². The van der Waals surface area contributed by atoms with Gasteiger partial charge in [0.2, 0.25) is 5.88 Å². The van der Waals surface area contributed by atoms with E-state index in [1.165, 1.54) is 5.56 Å². The van der Waals surface area contributed by atoms with E-state index >= 15 is 0 Å². The lowest BCUT2D eigenvalue weighted by Crippen LogP contribution is -2.08. The summed E-state index contributed by atoms with van der Waals surface area (Å²) in [6.45, 7) is 2.91. The number of aromatic nitrogens is 1. The first-order valence-corrected chi connectivity index (χ1v) is 7.22. The number of anilines is 1. The molecule has 4 heteroatoms. The SMILES string of the molecule is CCc1cc(CNC)cc(Oc2cccc(N(C)C)c2)n1. The monoisotopic (exact) mass is 285 g/mol. The molecule has 0 saturated heterocycles. The number of pyridine rings is 1. The lowest BCUT2D eigenvalue weighted by atomic mass is 10.2. The van der Waals surface area contributed by atoms with E-state index in [0.29, 0.717) is 5.88 Å². The highest BCUT2D eigenvalue weighted by Crippen LogP contribution is 2.25. The predicted octanol–water partition coefficient (Wildman–Crippen LogP) is 3.22. The van der Waals surface area contributed by atoms with Crippen molar-refractivity contribution in [3.05, 3.63) is 47.7 Å². The standard InChI is InChI=1S/C17H23N3O/c1-5-14-9-13(12-18-2)10-17(19-14)21-16-8-6-7-15(11-16)20(3)4/h6-11,18H,5,12H2,1-4H3.